The van der Waals surface area contributed by atoms with Gasteiger partial charge in [-0.3, -0.25) is 0 Å². The number of methoxy groups -OCH3 is 1. The number of nitrogens with two attached hydrogens (primary N) is 1. The molecule has 0 amide bonds. The van der Waals surface area contributed by atoms with Crippen LogP contribution in [0.25, 0.3) is 22.4 Å². The molecule has 4 heteroatoms. The Morgan fingerprint density at radius 3 is 2.44 bits per heavy atom. The van der Waals surface area contributed by atoms with Crippen LogP contribution in [-0.4, -0.2) is 12.1 Å². The molecule has 1 aromatic heterocycles. The SMILES string of the molecule is COc1ccccc1-c1cc(-c2ccc(C)cc2C)c(C#N)c(N)n1. The zero-order chi connectivity index (χ0) is 18.0. The van der Waals surface area contributed by atoms with Crippen molar-refractivity contribution in [2.24, 2.45) is 0 Å². The second kappa shape index (κ2) is 6.66. The van der Waals surface area contributed by atoms with Crippen molar-refractivity contribution in [3.8, 4) is 34.2 Å². The average Bonchev–Trinajstić information content (AvgIpc) is 2.61. The molecule has 0 unspecified atom stereocenters. The van der Waals surface area contributed by atoms with Crippen molar-refractivity contribution in [3.05, 3.63) is 65.2 Å². The molecule has 1 heterocycles. The Kier molecular flexibility index (Phi) is 4.40. The maximum atomic E-state index is 9.57. The summed E-state index contributed by atoms with van der Waals surface area (Å²) in [6.07, 6.45) is 0. The van der Waals surface area contributed by atoms with Crippen LogP contribution in [0.5, 0.6) is 5.75 Å². The van der Waals surface area contributed by atoms with E-state index in [-0.39, 0.29) is 5.82 Å². The zero-order valence-electron chi connectivity index (χ0n) is 14.5. The lowest BCUT2D eigenvalue weighted by Crippen LogP contribution is -2.01. The molecule has 0 aliphatic heterocycles. The minimum Gasteiger partial charge on any atom is -0.496 e. The highest BCUT2D eigenvalue weighted by atomic mass is 16.5. The van der Waals surface area contributed by atoms with Crippen LogP contribution >= 0.6 is 0 Å². The van der Waals surface area contributed by atoms with Gasteiger partial charge < -0.3 is 10.5 Å². The summed E-state index contributed by atoms with van der Waals surface area (Å²) in [6, 6.07) is 17.9. The van der Waals surface area contributed by atoms with Crippen LogP contribution in [0.2, 0.25) is 0 Å². The summed E-state index contributed by atoms with van der Waals surface area (Å²) in [5.74, 6) is 0.937. The number of aromatic nitrogens is 1. The lowest BCUT2D eigenvalue weighted by Gasteiger charge is -2.14. The Balaban J connectivity index is 2.29. The van der Waals surface area contributed by atoms with Crippen molar-refractivity contribution in [2.75, 3.05) is 12.8 Å². The minimum absolute atomic E-state index is 0.223. The summed E-state index contributed by atoms with van der Waals surface area (Å²) in [6.45, 7) is 4.08. The summed E-state index contributed by atoms with van der Waals surface area (Å²) in [4.78, 5) is 4.43. The molecule has 0 saturated carbocycles. The molecule has 3 aromatic rings. The molecular weight excluding hydrogens is 310 g/mol. The highest BCUT2D eigenvalue weighted by Crippen LogP contribution is 2.36. The predicted octanol–water partition coefficient (Wildman–Crippen LogP) is 4.49. The number of anilines is 1. The summed E-state index contributed by atoms with van der Waals surface area (Å²) >= 11 is 0. The number of benzene rings is 2. The zero-order valence-corrected chi connectivity index (χ0v) is 14.5. The van der Waals surface area contributed by atoms with Crippen molar-refractivity contribution in [1.29, 1.82) is 5.26 Å². The van der Waals surface area contributed by atoms with Crippen molar-refractivity contribution in [1.82, 2.24) is 4.98 Å². The van der Waals surface area contributed by atoms with Gasteiger partial charge in [0.25, 0.3) is 0 Å². The Morgan fingerprint density at radius 1 is 1.00 bits per heavy atom. The first-order valence-corrected chi connectivity index (χ1v) is 7.96. The fourth-order valence-corrected chi connectivity index (χ4v) is 3.00. The monoisotopic (exact) mass is 329 g/mol. The van der Waals surface area contributed by atoms with Crippen molar-refractivity contribution in [2.45, 2.75) is 13.8 Å². The summed E-state index contributed by atoms with van der Waals surface area (Å²) in [7, 11) is 1.62. The fraction of sp³-hybridized carbons (Fsp3) is 0.143. The van der Waals surface area contributed by atoms with Crippen LogP contribution in [0.4, 0.5) is 5.82 Å². The van der Waals surface area contributed by atoms with Gasteiger partial charge in [0.15, 0.2) is 0 Å². The Hall–Kier alpha value is -3.32. The lowest BCUT2D eigenvalue weighted by molar-refractivity contribution is 0.416. The summed E-state index contributed by atoms with van der Waals surface area (Å²) in [5.41, 5.74) is 12.1. The van der Waals surface area contributed by atoms with E-state index in [0.717, 1.165) is 22.3 Å². The Morgan fingerprint density at radius 2 is 1.76 bits per heavy atom. The van der Waals surface area contributed by atoms with E-state index in [9.17, 15) is 5.26 Å². The maximum absolute atomic E-state index is 9.57. The highest BCUT2D eigenvalue weighted by molar-refractivity contribution is 5.82. The number of ether oxygens (including phenoxy) is 1. The molecule has 3 rings (SSSR count). The number of nitrogens with zero attached hydrogens (tertiary/aromatic N) is 2. The van der Waals surface area contributed by atoms with Crippen LogP contribution in [0, 0.1) is 25.2 Å². The van der Waals surface area contributed by atoms with Gasteiger partial charge in [-0.25, -0.2) is 4.98 Å². The summed E-state index contributed by atoms with van der Waals surface area (Å²) < 4.78 is 5.44. The van der Waals surface area contributed by atoms with E-state index < -0.39 is 0 Å². The molecule has 0 saturated heterocycles. The van der Waals surface area contributed by atoms with Crippen LogP contribution in [0.15, 0.2) is 48.5 Å². The quantitative estimate of drug-likeness (QED) is 0.768. The second-order valence-corrected chi connectivity index (χ2v) is 5.95. The number of aryl methyl sites for hydroxylation is 2. The molecule has 0 atom stereocenters. The van der Waals surface area contributed by atoms with E-state index in [4.69, 9.17) is 10.5 Å². The minimum atomic E-state index is 0.223. The molecular formula is C21H19N3O. The number of hydrogen-bond donors (Lipinski definition) is 1. The van der Waals surface area contributed by atoms with Gasteiger partial charge in [0.05, 0.1) is 12.8 Å². The molecule has 0 spiro atoms. The smallest absolute Gasteiger partial charge is 0.142 e. The van der Waals surface area contributed by atoms with Gasteiger partial charge in [0.2, 0.25) is 0 Å². The fourth-order valence-electron chi connectivity index (χ4n) is 3.00. The van der Waals surface area contributed by atoms with E-state index in [2.05, 4.69) is 17.1 Å². The molecule has 25 heavy (non-hydrogen) atoms. The highest BCUT2D eigenvalue weighted by Gasteiger charge is 2.16. The first-order chi connectivity index (χ1) is 12.0. The van der Waals surface area contributed by atoms with Crippen molar-refractivity contribution in [3.63, 3.8) is 0 Å². The van der Waals surface area contributed by atoms with Gasteiger partial charge >= 0.3 is 0 Å². The Bertz CT molecular complexity index is 987. The number of rotatable bonds is 3. The number of para-hydroxylation sites is 1. The second-order valence-electron chi connectivity index (χ2n) is 5.95. The van der Waals surface area contributed by atoms with Gasteiger partial charge in [-0.05, 0) is 43.2 Å². The number of hydrogen-bond acceptors (Lipinski definition) is 4. The number of pyridine rings is 1. The largest absolute Gasteiger partial charge is 0.496 e. The molecule has 0 fully saturated rings. The van der Waals surface area contributed by atoms with Gasteiger partial charge in [0, 0.05) is 11.1 Å². The number of nitriles is 1. The molecule has 0 radical (unpaired) electrons. The lowest BCUT2D eigenvalue weighted by atomic mass is 9.94. The van der Waals surface area contributed by atoms with Crippen molar-refractivity contribution >= 4 is 5.82 Å². The maximum Gasteiger partial charge on any atom is 0.142 e. The first-order valence-electron chi connectivity index (χ1n) is 7.96. The molecule has 2 N–H and O–H groups in total. The third-order valence-electron chi connectivity index (χ3n) is 4.21. The van der Waals surface area contributed by atoms with E-state index >= 15 is 0 Å². The number of nitrogen functional groups attached to an aromatic ring is 1. The van der Waals surface area contributed by atoms with Gasteiger partial charge in [-0.2, -0.15) is 5.26 Å². The van der Waals surface area contributed by atoms with E-state index in [1.165, 1.54) is 5.56 Å². The van der Waals surface area contributed by atoms with E-state index in [1.54, 1.807) is 7.11 Å². The first kappa shape index (κ1) is 16.5. The van der Waals surface area contributed by atoms with Crippen LogP contribution < -0.4 is 10.5 Å². The van der Waals surface area contributed by atoms with Gasteiger partial charge in [-0.1, -0.05) is 35.9 Å². The molecule has 0 aliphatic carbocycles. The van der Waals surface area contributed by atoms with Gasteiger partial charge in [-0.15, -0.1) is 0 Å². The topological polar surface area (TPSA) is 71.9 Å². The normalized spacial score (nSPS) is 10.3. The molecule has 124 valence electrons. The molecule has 2 aromatic carbocycles. The van der Waals surface area contributed by atoms with Crippen LogP contribution in [-0.2, 0) is 0 Å². The van der Waals surface area contributed by atoms with E-state index in [1.807, 2.05) is 56.3 Å². The van der Waals surface area contributed by atoms with Crippen LogP contribution in [0.1, 0.15) is 16.7 Å². The Labute approximate surface area is 147 Å². The standard InChI is InChI=1S/C21H19N3O/c1-13-8-9-15(14(2)10-13)17-11-19(24-21(23)18(17)12-22)16-6-4-5-7-20(16)25-3/h4-11H,1-3H3,(H2,23,24). The van der Waals surface area contributed by atoms with Gasteiger partial charge in [0.1, 0.15) is 23.2 Å². The molecule has 0 aliphatic rings. The average molecular weight is 329 g/mol. The predicted molar refractivity (Wildman–Crippen MR) is 100 cm³/mol. The van der Waals surface area contributed by atoms with E-state index in [0.29, 0.717) is 17.0 Å². The third kappa shape index (κ3) is 3.05. The molecule has 0 bridgehead atoms. The third-order valence-corrected chi connectivity index (χ3v) is 4.21. The van der Waals surface area contributed by atoms with Crippen molar-refractivity contribution < 1.29 is 4.74 Å². The molecule has 4 nitrogen and oxygen atoms in total. The van der Waals surface area contributed by atoms with Crippen LogP contribution in [0.3, 0.4) is 0 Å². The summed E-state index contributed by atoms with van der Waals surface area (Å²) in [5, 5.41) is 9.57.